The molecule has 0 bridgehead atoms. The Kier molecular flexibility index (Phi) is 6.01. The molecule has 2 heterocycles. The van der Waals surface area contributed by atoms with Crippen LogP contribution in [0.2, 0.25) is 0 Å². The van der Waals surface area contributed by atoms with Crippen molar-refractivity contribution < 1.29 is 5.11 Å². The summed E-state index contributed by atoms with van der Waals surface area (Å²) in [6.45, 7) is 3.48. The first kappa shape index (κ1) is 18.9. The molecule has 0 aliphatic carbocycles. The van der Waals surface area contributed by atoms with E-state index in [9.17, 15) is 5.11 Å². The van der Waals surface area contributed by atoms with Gasteiger partial charge in [-0.05, 0) is 33.0 Å². The summed E-state index contributed by atoms with van der Waals surface area (Å²) < 4.78 is 0. The molecule has 3 N–H and O–H groups in total. The highest BCUT2D eigenvalue weighted by molar-refractivity contribution is 7.98. The summed E-state index contributed by atoms with van der Waals surface area (Å²) in [4.78, 5) is 13.2. The SMILES string of the molecule is Cc1ccc(CSc2nc(N)cc(N3CCC(N(C)C)C(O)C3)n2)cc1. The maximum Gasteiger partial charge on any atom is 0.191 e. The van der Waals surface area contributed by atoms with Crippen LogP contribution in [0, 0.1) is 6.92 Å². The number of β-amino-alcohol motifs (C(OH)–C–C–N with tert-alkyl or cyclic N) is 1. The van der Waals surface area contributed by atoms with Crippen LogP contribution in [0.25, 0.3) is 0 Å². The van der Waals surface area contributed by atoms with Crippen molar-refractivity contribution in [1.29, 1.82) is 0 Å². The van der Waals surface area contributed by atoms with Gasteiger partial charge in [-0.25, -0.2) is 9.97 Å². The van der Waals surface area contributed by atoms with Gasteiger partial charge in [0.15, 0.2) is 5.16 Å². The fourth-order valence-corrected chi connectivity index (χ4v) is 4.03. The number of hydrogen-bond acceptors (Lipinski definition) is 7. The lowest BCUT2D eigenvalue weighted by molar-refractivity contribution is 0.0628. The predicted octanol–water partition coefficient (Wildman–Crippen LogP) is 2.16. The van der Waals surface area contributed by atoms with Crippen molar-refractivity contribution in [3.05, 3.63) is 41.5 Å². The lowest BCUT2D eigenvalue weighted by Crippen LogP contribution is -2.52. The number of rotatable bonds is 5. The topological polar surface area (TPSA) is 78.5 Å². The monoisotopic (exact) mass is 373 g/mol. The molecule has 1 aliphatic rings. The van der Waals surface area contributed by atoms with Crippen molar-refractivity contribution in [2.45, 2.75) is 36.4 Å². The number of likely N-dealkylation sites (N-methyl/N-ethyl adjacent to an activating group) is 1. The minimum atomic E-state index is -0.404. The van der Waals surface area contributed by atoms with Crippen molar-refractivity contribution in [1.82, 2.24) is 14.9 Å². The van der Waals surface area contributed by atoms with E-state index < -0.39 is 6.10 Å². The maximum atomic E-state index is 10.4. The summed E-state index contributed by atoms with van der Waals surface area (Å²) in [5.74, 6) is 2.06. The fourth-order valence-electron chi connectivity index (χ4n) is 3.22. The largest absolute Gasteiger partial charge is 0.390 e. The molecule has 0 spiro atoms. The molecule has 1 aromatic carbocycles. The Morgan fingerprint density at radius 3 is 2.65 bits per heavy atom. The molecular weight excluding hydrogens is 346 g/mol. The molecule has 2 unspecified atom stereocenters. The average Bonchev–Trinajstić information content (AvgIpc) is 2.60. The van der Waals surface area contributed by atoms with Crippen LogP contribution in [0.3, 0.4) is 0 Å². The van der Waals surface area contributed by atoms with Gasteiger partial charge in [-0.1, -0.05) is 41.6 Å². The van der Waals surface area contributed by atoms with Gasteiger partial charge in [0.05, 0.1) is 6.10 Å². The number of aliphatic hydroxyl groups is 1. The number of nitrogens with zero attached hydrogens (tertiary/aromatic N) is 4. The van der Waals surface area contributed by atoms with Gasteiger partial charge in [0.1, 0.15) is 11.6 Å². The van der Waals surface area contributed by atoms with Crippen LogP contribution in [0.15, 0.2) is 35.5 Å². The normalized spacial score (nSPS) is 20.6. The van der Waals surface area contributed by atoms with E-state index in [0.29, 0.717) is 17.5 Å². The van der Waals surface area contributed by atoms with E-state index in [4.69, 9.17) is 5.73 Å². The lowest BCUT2D eigenvalue weighted by atomic mass is 10.0. The minimum absolute atomic E-state index is 0.181. The Bertz CT molecular complexity index is 737. The van der Waals surface area contributed by atoms with Gasteiger partial charge in [0, 0.05) is 31.0 Å². The van der Waals surface area contributed by atoms with E-state index in [1.807, 2.05) is 14.1 Å². The maximum absolute atomic E-state index is 10.4. The number of aliphatic hydroxyl groups excluding tert-OH is 1. The van der Waals surface area contributed by atoms with E-state index in [2.05, 4.69) is 51.0 Å². The summed E-state index contributed by atoms with van der Waals surface area (Å²) >= 11 is 1.58. The molecule has 140 valence electrons. The molecule has 7 heteroatoms. The number of aromatic nitrogens is 2. The zero-order valence-corrected chi connectivity index (χ0v) is 16.4. The van der Waals surface area contributed by atoms with Gasteiger partial charge in [-0.15, -0.1) is 0 Å². The summed E-state index contributed by atoms with van der Waals surface area (Å²) in [6, 6.07) is 10.4. The number of benzene rings is 1. The van der Waals surface area contributed by atoms with Crippen LogP contribution in [0.5, 0.6) is 0 Å². The second kappa shape index (κ2) is 8.24. The third-order valence-electron chi connectivity index (χ3n) is 4.73. The van der Waals surface area contributed by atoms with Crippen LogP contribution < -0.4 is 10.6 Å². The molecule has 0 saturated carbocycles. The van der Waals surface area contributed by atoms with Crippen molar-refractivity contribution >= 4 is 23.4 Å². The van der Waals surface area contributed by atoms with Gasteiger partial charge in [-0.2, -0.15) is 0 Å². The zero-order chi connectivity index (χ0) is 18.7. The third kappa shape index (κ3) is 4.66. The molecule has 2 atom stereocenters. The van der Waals surface area contributed by atoms with Gasteiger partial charge < -0.3 is 20.6 Å². The molecule has 1 fully saturated rings. The molecule has 1 aromatic heterocycles. The van der Waals surface area contributed by atoms with Gasteiger partial charge in [-0.3, -0.25) is 0 Å². The standard InChI is InChI=1S/C19H27N5OS/c1-13-4-6-14(7-5-13)12-26-19-21-17(20)10-18(22-19)24-9-8-15(23(2)3)16(25)11-24/h4-7,10,15-16,25H,8-9,11-12H2,1-3H3,(H2,20,21,22). The molecule has 0 amide bonds. The van der Waals surface area contributed by atoms with Crippen LogP contribution in [-0.2, 0) is 5.75 Å². The van der Waals surface area contributed by atoms with Crippen LogP contribution in [0.4, 0.5) is 11.6 Å². The molecular formula is C19H27N5OS. The molecule has 3 rings (SSSR count). The van der Waals surface area contributed by atoms with Gasteiger partial charge in [0.2, 0.25) is 0 Å². The van der Waals surface area contributed by atoms with E-state index in [1.54, 1.807) is 17.8 Å². The van der Waals surface area contributed by atoms with E-state index >= 15 is 0 Å². The summed E-state index contributed by atoms with van der Waals surface area (Å²) in [5.41, 5.74) is 8.49. The number of nitrogen functional groups attached to an aromatic ring is 1. The highest BCUT2D eigenvalue weighted by atomic mass is 32.2. The fraction of sp³-hybridized carbons (Fsp3) is 0.474. The Morgan fingerprint density at radius 2 is 2.00 bits per heavy atom. The van der Waals surface area contributed by atoms with Gasteiger partial charge in [0.25, 0.3) is 0 Å². The Balaban J connectivity index is 1.68. The molecule has 1 aliphatic heterocycles. The predicted molar refractivity (Wildman–Crippen MR) is 107 cm³/mol. The summed E-state index contributed by atoms with van der Waals surface area (Å²) in [5, 5.41) is 11.1. The van der Waals surface area contributed by atoms with Crippen molar-refractivity contribution in [3.8, 4) is 0 Å². The zero-order valence-electron chi connectivity index (χ0n) is 15.6. The first-order chi connectivity index (χ1) is 12.4. The highest BCUT2D eigenvalue weighted by Gasteiger charge is 2.30. The quantitative estimate of drug-likeness (QED) is 0.614. The number of nitrogens with two attached hydrogens (primary N) is 1. The first-order valence-electron chi connectivity index (χ1n) is 8.84. The van der Waals surface area contributed by atoms with Crippen molar-refractivity contribution in [2.24, 2.45) is 0 Å². The molecule has 0 radical (unpaired) electrons. The number of hydrogen-bond donors (Lipinski definition) is 2. The molecule has 1 saturated heterocycles. The van der Waals surface area contributed by atoms with E-state index in [-0.39, 0.29) is 6.04 Å². The Labute approximate surface area is 159 Å². The summed E-state index contributed by atoms with van der Waals surface area (Å²) in [6.07, 6.45) is 0.489. The Morgan fingerprint density at radius 1 is 1.27 bits per heavy atom. The Hall–Kier alpha value is -1.83. The smallest absolute Gasteiger partial charge is 0.191 e. The van der Waals surface area contributed by atoms with Crippen LogP contribution in [0.1, 0.15) is 17.5 Å². The van der Waals surface area contributed by atoms with Crippen LogP contribution >= 0.6 is 11.8 Å². The lowest BCUT2D eigenvalue weighted by Gasteiger charge is -2.39. The van der Waals surface area contributed by atoms with Crippen molar-refractivity contribution in [3.63, 3.8) is 0 Å². The molecule has 2 aromatic rings. The highest BCUT2D eigenvalue weighted by Crippen LogP contribution is 2.26. The third-order valence-corrected chi connectivity index (χ3v) is 5.65. The second-order valence-electron chi connectivity index (χ2n) is 7.04. The van der Waals surface area contributed by atoms with Crippen molar-refractivity contribution in [2.75, 3.05) is 37.8 Å². The number of aryl methyl sites for hydroxylation is 1. The summed E-state index contributed by atoms with van der Waals surface area (Å²) in [7, 11) is 4.01. The van der Waals surface area contributed by atoms with E-state index in [0.717, 1.165) is 24.5 Å². The van der Waals surface area contributed by atoms with E-state index in [1.165, 1.54) is 11.1 Å². The number of piperidine rings is 1. The first-order valence-corrected chi connectivity index (χ1v) is 9.83. The number of thioether (sulfide) groups is 1. The van der Waals surface area contributed by atoms with Crippen LogP contribution in [-0.4, -0.2) is 59.3 Å². The second-order valence-corrected chi connectivity index (χ2v) is 7.98. The molecule has 26 heavy (non-hydrogen) atoms. The van der Waals surface area contributed by atoms with Gasteiger partial charge >= 0.3 is 0 Å². The minimum Gasteiger partial charge on any atom is -0.390 e. The molecule has 6 nitrogen and oxygen atoms in total. The average molecular weight is 374 g/mol. The number of anilines is 2.